The smallest absolute Gasteiger partial charge is 0.199 e. The van der Waals surface area contributed by atoms with Crippen LogP contribution in [0.15, 0.2) is 48.5 Å². The van der Waals surface area contributed by atoms with Crippen molar-refractivity contribution in [3.05, 3.63) is 54.1 Å². The van der Waals surface area contributed by atoms with Gasteiger partial charge in [-0.2, -0.15) is 0 Å². The Bertz CT molecular complexity index is 537. The van der Waals surface area contributed by atoms with Gasteiger partial charge in [0.1, 0.15) is 5.75 Å². The van der Waals surface area contributed by atoms with E-state index in [4.69, 9.17) is 9.47 Å². The van der Waals surface area contributed by atoms with Gasteiger partial charge in [0.15, 0.2) is 6.29 Å². The number of benzene rings is 2. The Balaban J connectivity index is 1.69. The van der Waals surface area contributed by atoms with Crippen LogP contribution in [0.4, 0.5) is 0 Å². The van der Waals surface area contributed by atoms with Crippen molar-refractivity contribution in [2.24, 2.45) is 0 Å². The molecule has 1 saturated heterocycles. The normalized spacial score (nSPS) is 18.8. The van der Waals surface area contributed by atoms with Crippen LogP contribution in [0.25, 0.3) is 11.1 Å². The molecule has 0 N–H and O–H groups in total. The number of hydrogen-bond acceptors (Lipinski definition) is 2. The average Bonchev–Trinajstić information content (AvgIpc) is 2.50. The SMILES string of the molecule is Cc1ccc(-c2ccc(OC3CCCCO3)cc2)cc1. The van der Waals surface area contributed by atoms with Gasteiger partial charge in [0.2, 0.25) is 0 Å². The van der Waals surface area contributed by atoms with Gasteiger partial charge in [0, 0.05) is 6.42 Å². The lowest BCUT2D eigenvalue weighted by Gasteiger charge is -2.23. The molecule has 1 aliphatic heterocycles. The van der Waals surface area contributed by atoms with Gasteiger partial charge < -0.3 is 9.47 Å². The summed E-state index contributed by atoms with van der Waals surface area (Å²) in [5.41, 5.74) is 3.72. The van der Waals surface area contributed by atoms with Gasteiger partial charge >= 0.3 is 0 Å². The first-order valence-electron chi connectivity index (χ1n) is 7.27. The van der Waals surface area contributed by atoms with E-state index < -0.39 is 0 Å². The zero-order valence-corrected chi connectivity index (χ0v) is 11.8. The van der Waals surface area contributed by atoms with E-state index in [9.17, 15) is 0 Å². The summed E-state index contributed by atoms with van der Waals surface area (Å²) in [4.78, 5) is 0. The second-order valence-electron chi connectivity index (χ2n) is 5.30. The minimum Gasteiger partial charge on any atom is -0.465 e. The molecule has 1 fully saturated rings. The van der Waals surface area contributed by atoms with Crippen LogP contribution in [0.5, 0.6) is 5.75 Å². The molecule has 2 aromatic carbocycles. The van der Waals surface area contributed by atoms with E-state index in [0.717, 1.165) is 25.2 Å². The molecule has 104 valence electrons. The fourth-order valence-corrected chi connectivity index (χ4v) is 2.43. The van der Waals surface area contributed by atoms with E-state index in [2.05, 4.69) is 43.3 Å². The first kappa shape index (κ1) is 13.2. The Labute approximate surface area is 120 Å². The molecule has 3 rings (SSSR count). The molecule has 0 saturated carbocycles. The van der Waals surface area contributed by atoms with E-state index in [1.807, 2.05) is 12.1 Å². The van der Waals surface area contributed by atoms with Crippen LogP contribution in [0, 0.1) is 6.92 Å². The summed E-state index contributed by atoms with van der Waals surface area (Å²) in [6, 6.07) is 16.8. The Morgan fingerprint density at radius 3 is 2.15 bits per heavy atom. The van der Waals surface area contributed by atoms with E-state index in [1.54, 1.807) is 0 Å². The fraction of sp³-hybridized carbons (Fsp3) is 0.333. The maximum atomic E-state index is 5.84. The van der Waals surface area contributed by atoms with Crippen molar-refractivity contribution in [2.75, 3.05) is 6.61 Å². The third kappa shape index (κ3) is 3.20. The molecule has 0 bridgehead atoms. The molecular weight excluding hydrogens is 248 g/mol. The summed E-state index contributed by atoms with van der Waals surface area (Å²) in [6.07, 6.45) is 3.24. The summed E-state index contributed by atoms with van der Waals surface area (Å²) >= 11 is 0. The third-order valence-corrected chi connectivity index (χ3v) is 3.64. The van der Waals surface area contributed by atoms with E-state index in [1.165, 1.54) is 23.1 Å². The van der Waals surface area contributed by atoms with E-state index >= 15 is 0 Å². The monoisotopic (exact) mass is 268 g/mol. The maximum Gasteiger partial charge on any atom is 0.199 e. The molecule has 0 aromatic heterocycles. The molecule has 2 nitrogen and oxygen atoms in total. The summed E-state index contributed by atoms with van der Waals surface area (Å²) in [5.74, 6) is 0.882. The Morgan fingerprint density at radius 2 is 1.55 bits per heavy atom. The van der Waals surface area contributed by atoms with Crippen molar-refractivity contribution in [3.63, 3.8) is 0 Å². The number of ether oxygens (including phenoxy) is 2. The van der Waals surface area contributed by atoms with Crippen LogP contribution >= 0.6 is 0 Å². The van der Waals surface area contributed by atoms with Crippen molar-refractivity contribution in [2.45, 2.75) is 32.5 Å². The van der Waals surface area contributed by atoms with Gasteiger partial charge in [-0.3, -0.25) is 0 Å². The third-order valence-electron chi connectivity index (χ3n) is 3.64. The van der Waals surface area contributed by atoms with Crippen molar-refractivity contribution < 1.29 is 9.47 Å². The van der Waals surface area contributed by atoms with Crippen molar-refractivity contribution >= 4 is 0 Å². The number of hydrogen-bond donors (Lipinski definition) is 0. The lowest BCUT2D eigenvalue weighted by molar-refractivity contribution is -0.105. The van der Waals surface area contributed by atoms with Gasteiger partial charge in [-0.1, -0.05) is 42.0 Å². The van der Waals surface area contributed by atoms with Gasteiger partial charge in [-0.15, -0.1) is 0 Å². The first-order valence-corrected chi connectivity index (χ1v) is 7.27. The highest BCUT2D eigenvalue weighted by Gasteiger charge is 2.14. The van der Waals surface area contributed by atoms with Crippen LogP contribution in [-0.4, -0.2) is 12.9 Å². The highest BCUT2D eigenvalue weighted by Crippen LogP contribution is 2.24. The number of aryl methyl sites for hydroxylation is 1. The molecule has 1 aliphatic rings. The minimum absolute atomic E-state index is 0.0750. The lowest BCUT2D eigenvalue weighted by atomic mass is 10.0. The zero-order valence-electron chi connectivity index (χ0n) is 11.8. The van der Waals surface area contributed by atoms with Crippen LogP contribution in [0.2, 0.25) is 0 Å². The average molecular weight is 268 g/mol. The molecule has 2 aromatic rings. The number of rotatable bonds is 3. The minimum atomic E-state index is -0.0750. The first-order chi connectivity index (χ1) is 9.81. The largest absolute Gasteiger partial charge is 0.465 e. The van der Waals surface area contributed by atoms with E-state index in [0.29, 0.717) is 0 Å². The standard InChI is InChI=1S/C18H20O2/c1-14-5-7-15(8-6-14)16-9-11-17(12-10-16)20-18-4-2-3-13-19-18/h5-12,18H,2-4,13H2,1H3. The fourth-order valence-electron chi connectivity index (χ4n) is 2.43. The maximum absolute atomic E-state index is 5.84. The molecule has 0 aliphatic carbocycles. The van der Waals surface area contributed by atoms with Crippen LogP contribution in [0.3, 0.4) is 0 Å². The van der Waals surface area contributed by atoms with Gasteiger partial charge in [0.25, 0.3) is 0 Å². The Morgan fingerprint density at radius 1 is 0.900 bits per heavy atom. The van der Waals surface area contributed by atoms with Crippen molar-refractivity contribution in [3.8, 4) is 16.9 Å². The van der Waals surface area contributed by atoms with Crippen LogP contribution in [-0.2, 0) is 4.74 Å². The Kier molecular flexibility index (Phi) is 4.03. The predicted molar refractivity (Wildman–Crippen MR) is 80.8 cm³/mol. The highest BCUT2D eigenvalue weighted by molar-refractivity contribution is 5.64. The summed E-state index contributed by atoms with van der Waals surface area (Å²) in [7, 11) is 0. The molecule has 0 spiro atoms. The Hall–Kier alpha value is -1.80. The molecule has 1 heterocycles. The zero-order chi connectivity index (χ0) is 13.8. The molecular formula is C18H20O2. The molecule has 1 atom stereocenters. The summed E-state index contributed by atoms with van der Waals surface area (Å²) in [6.45, 7) is 2.91. The van der Waals surface area contributed by atoms with Gasteiger partial charge in [0.05, 0.1) is 6.61 Å². The predicted octanol–water partition coefficient (Wildman–Crippen LogP) is 4.57. The highest BCUT2D eigenvalue weighted by atomic mass is 16.7. The second kappa shape index (κ2) is 6.10. The summed E-state index contributed by atoms with van der Waals surface area (Å²) in [5, 5.41) is 0. The van der Waals surface area contributed by atoms with E-state index in [-0.39, 0.29) is 6.29 Å². The topological polar surface area (TPSA) is 18.5 Å². The molecule has 1 unspecified atom stereocenters. The molecule has 20 heavy (non-hydrogen) atoms. The molecule has 2 heteroatoms. The van der Waals surface area contributed by atoms with Crippen molar-refractivity contribution in [1.82, 2.24) is 0 Å². The van der Waals surface area contributed by atoms with Gasteiger partial charge in [-0.25, -0.2) is 0 Å². The van der Waals surface area contributed by atoms with Gasteiger partial charge in [-0.05, 0) is 43.0 Å². The summed E-state index contributed by atoms with van der Waals surface area (Å²) < 4.78 is 11.4. The molecule has 0 amide bonds. The van der Waals surface area contributed by atoms with Crippen LogP contribution in [0.1, 0.15) is 24.8 Å². The van der Waals surface area contributed by atoms with Crippen molar-refractivity contribution in [1.29, 1.82) is 0 Å². The lowest BCUT2D eigenvalue weighted by Crippen LogP contribution is -2.24. The second-order valence-corrected chi connectivity index (χ2v) is 5.30. The quantitative estimate of drug-likeness (QED) is 0.812. The van der Waals surface area contributed by atoms with Crippen LogP contribution < -0.4 is 4.74 Å². The molecule has 0 radical (unpaired) electrons.